The third-order valence-electron chi connectivity index (χ3n) is 4.43. The minimum atomic E-state index is -0.911. The first kappa shape index (κ1) is 16.3. The van der Waals surface area contributed by atoms with E-state index < -0.39 is 12.0 Å². The highest BCUT2D eigenvalue weighted by Gasteiger charge is 2.40. The number of hydrogen-bond donors (Lipinski definition) is 1. The molecule has 1 fully saturated rings. The molecule has 126 valence electrons. The van der Waals surface area contributed by atoms with Crippen molar-refractivity contribution in [3.8, 4) is 11.5 Å². The first-order valence-electron chi connectivity index (χ1n) is 7.73. The first-order valence-corrected chi connectivity index (χ1v) is 7.73. The lowest BCUT2D eigenvalue weighted by Crippen LogP contribution is -2.49. The SMILES string of the molecule is COc1cccc(OC)c1C(C(=O)O)N1CC(c2ccncc2)C1. The minimum Gasteiger partial charge on any atom is -0.496 e. The van der Waals surface area contributed by atoms with E-state index in [-0.39, 0.29) is 0 Å². The second-order valence-corrected chi connectivity index (χ2v) is 5.75. The zero-order valence-electron chi connectivity index (χ0n) is 13.7. The third-order valence-corrected chi connectivity index (χ3v) is 4.43. The van der Waals surface area contributed by atoms with Crippen molar-refractivity contribution in [2.24, 2.45) is 0 Å². The number of carboxylic acid groups (broad SMARTS) is 1. The molecule has 1 aliphatic heterocycles. The van der Waals surface area contributed by atoms with Gasteiger partial charge < -0.3 is 14.6 Å². The zero-order valence-corrected chi connectivity index (χ0v) is 13.7. The van der Waals surface area contributed by atoms with Gasteiger partial charge in [-0.3, -0.25) is 14.7 Å². The number of nitrogens with zero attached hydrogens (tertiary/aromatic N) is 2. The highest BCUT2D eigenvalue weighted by molar-refractivity contribution is 5.78. The lowest BCUT2D eigenvalue weighted by Gasteiger charge is -2.43. The summed E-state index contributed by atoms with van der Waals surface area (Å²) in [5, 5.41) is 9.80. The number of benzene rings is 1. The molecule has 0 amide bonds. The van der Waals surface area contributed by atoms with Crippen LogP contribution in [0.4, 0.5) is 0 Å². The van der Waals surface area contributed by atoms with E-state index in [0.717, 1.165) is 0 Å². The molecule has 1 unspecified atom stereocenters. The fourth-order valence-electron chi connectivity index (χ4n) is 3.18. The van der Waals surface area contributed by atoms with Crippen LogP contribution >= 0.6 is 0 Å². The predicted octanol–water partition coefficient (Wildman–Crippen LogP) is 2.32. The van der Waals surface area contributed by atoms with Crippen LogP contribution in [0, 0.1) is 0 Å². The number of likely N-dealkylation sites (tertiary alicyclic amines) is 1. The van der Waals surface area contributed by atoms with Gasteiger partial charge in [-0.05, 0) is 29.8 Å². The summed E-state index contributed by atoms with van der Waals surface area (Å²) in [6.45, 7) is 1.34. The van der Waals surface area contributed by atoms with Crippen LogP contribution in [0.5, 0.6) is 11.5 Å². The van der Waals surface area contributed by atoms with Gasteiger partial charge in [-0.1, -0.05) is 6.07 Å². The molecular formula is C18H20N2O4. The van der Waals surface area contributed by atoms with Crippen molar-refractivity contribution in [3.05, 3.63) is 53.9 Å². The Bertz CT molecular complexity index is 692. The Morgan fingerprint density at radius 3 is 2.25 bits per heavy atom. The van der Waals surface area contributed by atoms with Crippen molar-refractivity contribution in [2.45, 2.75) is 12.0 Å². The van der Waals surface area contributed by atoms with Crippen LogP contribution in [0.1, 0.15) is 23.1 Å². The number of carbonyl (C=O) groups is 1. The summed E-state index contributed by atoms with van der Waals surface area (Å²) in [5.74, 6) is 0.449. The first-order chi connectivity index (χ1) is 11.7. The van der Waals surface area contributed by atoms with Crippen molar-refractivity contribution >= 4 is 5.97 Å². The van der Waals surface area contributed by atoms with E-state index in [1.54, 1.807) is 30.6 Å². The van der Waals surface area contributed by atoms with Crippen molar-refractivity contribution < 1.29 is 19.4 Å². The average Bonchev–Trinajstić information content (AvgIpc) is 2.57. The van der Waals surface area contributed by atoms with Crippen LogP contribution in [0.2, 0.25) is 0 Å². The summed E-state index contributed by atoms with van der Waals surface area (Å²) >= 11 is 0. The van der Waals surface area contributed by atoms with Crippen LogP contribution in [-0.4, -0.2) is 48.3 Å². The molecule has 0 spiro atoms. The van der Waals surface area contributed by atoms with Crippen molar-refractivity contribution in [1.82, 2.24) is 9.88 Å². The summed E-state index contributed by atoms with van der Waals surface area (Å²) in [6.07, 6.45) is 3.52. The predicted molar refractivity (Wildman–Crippen MR) is 88.5 cm³/mol. The van der Waals surface area contributed by atoms with Gasteiger partial charge in [0, 0.05) is 31.4 Å². The molecular weight excluding hydrogens is 308 g/mol. The number of hydrogen-bond acceptors (Lipinski definition) is 5. The lowest BCUT2D eigenvalue weighted by molar-refractivity contribution is -0.145. The van der Waals surface area contributed by atoms with Gasteiger partial charge in [-0.15, -0.1) is 0 Å². The number of rotatable bonds is 6. The van der Waals surface area contributed by atoms with E-state index in [1.165, 1.54) is 19.8 Å². The van der Waals surface area contributed by atoms with Gasteiger partial charge in [0.15, 0.2) is 0 Å². The minimum absolute atomic E-state index is 0.315. The molecule has 6 nitrogen and oxygen atoms in total. The van der Waals surface area contributed by atoms with Crippen LogP contribution in [0.15, 0.2) is 42.7 Å². The molecule has 6 heteroatoms. The number of methoxy groups -OCH3 is 2. The van der Waals surface area contributed by atoms with Gasteiger partial charge in [-0.2, -0.15) is 0 Å². The molecule has 1 aliphatic rings. The Labute approximate surface area is 140 Å². The van der Waals surface area contributed by atoms with E-state index in [2.05, 4.69) is 4.98 Å². The van der Waals surface area contributed by atoms with Crippen LogP contribution in [-0.2, 0) is 4.79 Å². The van der Waals surface area contributed by atoms with E-state index in [0.29, 0.717) is 36.1 Å². The summed E-state index contributed by atoms with van der Waals surface area (Å²) in [4.78, 5) is 17.9. The number of aromatic nitrogens is 1. The fraction of sp³-hybridized carbons (Fsp3) is 0.333. The summed E-state index contributed by atoms with van der Waals surface area (Å²) in [5.41, 5.74) is 1.74. The summed E-state index contributed by atoms with van der Waals surface area (Å²) in [6, 6.07) is 8.45. The van der Waals surface area contributed by atoms with Gasteiger partial charge in [-0.25, -0.2) is 0 Å². The van der Waals surface area contributed by atoms with Crippen LogP contribution in [0.25, 0.3) is 0 Å². The largest absolute Gasteiger partial charge is 0.496 e. The quantitative estimate of drug-likeness (QED) is 0.877. The van der Waals surface area contributed by atoms with Crippen molar-refractivity contribution in [3.63, 3.8) is 0 Å². The average molecular weight is 328 g/mol. The molecule has 2 aromatic rings. The maximum Gasteiger partial charge on any atom is 0.325 e. The Hall–Kier alpha value is -2.60. The third kappa shape index (κ3) is 2.92. The normalized spacial score (nSPS) is 16.2. The molecule has 0 bridgehead atoms. The molecule has 0 aliphatic carbocycles. The Kier molecular flexibility index (Phi) is 4.66. The highest BCUT2D eigenvalue weighted by atomic mass is 16.5. The second-order valence-electron chi connectivity index (χ2n) is 5.75. The number of carboxylic acids is 1. The molecule has 1 aromatic heterocycles. The highest BCUT2D eigenvalue weighted by Crippen LogP contribution is 2.41. The summed E-state index contributed by atoms with van der Waals surface area (Å²) < 4.78 is 10.7. The van der Waals surface area contributed by atoms with Gasteiger partial charge in [0.05, 0.1) is 19.8 Å². The summed E-state index contributed by atoms with van der Waals surface area (Å²) in [7, 11) is 3.07. The maximum atomic E-state index is 12.0. The molecule has 2 heterocycles. The molecule has 1 atom stereocenters. The molecule has 0 radical (unpaired) electrons. The number of ether oxygens (including phenoxy) is 2. The molecule has 24 heavy (non-hydrogen) atoms. The molecule has 1 N–H and O–H groups in total. The van der Waals surface area contributed by atoms with E-state index in [1.807, 2.05) is 17.0 Å². The van der Waals surface area contributed by atoms with Crippen molar-refractivity contribution in [1.29, 1.82) is 0 Å². The Balaban J connectivity index is 1.87. The molecule has 0 saturated carbocycles. The fourth-order valence-corrected chi connectivity index (χ4v) is 3.18. The topological polar surface area (TPSA) is 71.9 Å². The van der Waals surface area contributed by atoms with Gasteiger partial charge >= 0.3 is 5.97 Å². The molecule has 1 aromatic carbocycles. The Morgan fingerprint density at radius 2 is 1.75 bits per heavy atom. The maximum absolute atomic E-state index is 12.0. The second kappa shape index (κ2) is 6.88. The lowest BCUT2D eigenvalue weighted by atomic mass is 9.88. The van der Waals surface area contributed by atoms with Crippen molar-refractivity contribution in [2.75, 3.05) is 27.3 Å². The monoisotopic (exact) mass is 328 g/mol. The molecule has 1 saturated heterocycles. The van der Waals surface area contributed by atoms with E-state index in [9.17, 15) is 9.90 Å². The van der Waals surface area contributed by atoms with Gasteiger partial charge in [0.25, 0.3) is 0 Å². The smallest absolute Gasteiger partial charge is 0.325 e. The van der Waals surface area contributed by atoms with E-state index in [4.69, 9.17) is 9.47 Å². The zero-order chi connectivity index (χ0) is 17.1. The van der Waals surface area contributed by atoms with Gasteiger partial charge in [0.2, 0.25) is 0 Å². The Morgan fingerprint density at radius 1 is 1.17 bits per heavy atom. The standard InChI is InChI=1S/C18H20N2O4/c1-23-14-4-3-5-15(24-2)16(14)17(18(21)22)20-10-13(11-20)12-6-8-19-9-7-12/h3-9,13,17H,10-11H2,1-2H3,(H,21,22). The van der Waals surface area contributed by atoms with Crippen LogP contribution in [0.3, 0.4) is 0 Å². The molecule has 3 rings (SSSR count). The van der Waals surface area contributed by atoms with Gasteiger partial charge in [0.1, 0.15) is 17.5 Å². The van der Waals surface area contributed by atoms with E-state index >= 15 is 0 Å². The number of pyridine rings is 1. The number of aliphatic carboxylic acids is 1. The van der Waals surface area contributed by atoms with Crippen LogP contribution < -0.4 is 9.47 Å².